The number of guanidine groups is 1. The first-order valence-corrected chi connectivity index (χ1v) is 9.18. The van der Waals surface area contributed by atoms with Gasteiger partial charge in [0.05, 0.1) is 0 Å². The topological polar surface area (TPSA) is 67.1 Å². The van der Waals surface area contributed by atoms with Crippen molar-refractivity contribution in [2.45, 2.75) is 26.3 Å². The lowest BCUT2D eigenvalue weighted by Crippen LogP contribution is -2.38. The Morgan fingerprint density at radius 3 is 2.77 bits per heavy atom. The van der Waals surface area contributed by atoms with Gasteiger partial charge >= 0.3 is 0 Å². The Hall–Kier alpha value is -2.05. The number of rotatable bonds is 8. The molecule has 2 rings (SSSR count). The fourth-order valence-corrected chi connectivity index (χ4v) is 2.79. The molecule has 1 aromatic heterocycles. The average molecular weight is 395 g/mol. The lowest BCUT2D eigenvalue weighted by molar-refractivity contribution is 0.734. The normalized spacial score (nSPS) is 11.5. The molecule has 0 atom stereocenters. The number of hydrogen-bond donors (Lipinski definition) is 2. The smallest absolute Gasteiger partial charge is 0.191 e. The summed E-state index contributed by atoms with van der Waals surface area (Å²) in [4.78, 5) is 4.56. The summed E-state index contributed by atoms with van der Waals surface area (Å²) in [5.41, 5.74) is 1.09. The van der Waals surface area contributed by atoms with Crippen molar-refractivity contribution in [3.8, 4) is 0 Å². The minimum absolute atomic E-state index is 0.451. The summed E-state index contributed by atoms with van der Waals surface area (Å²) in [6, 6.07) is 5.59. The van der Waals surface area contributed by atoms with E-state index in [-0.39, 0.29) is 0 Å². The highest BCUT2D eigenvalue weighted by molar-refractivity contribution is 6.35. The van der Waals surface area contributed by atoms with Crippen molar-refractivity contribution < 1.29 is 0 Å². The molecule has 0 fully saturated rings. The molecular formula is C18H24Cl2N6. The Balaban J connectivity index is 1.87. The minimum atomic E-state index is 0.451. The summed E-state index contributed by atoms with van der Waals surface area (Å²) >= 11 is 12.1. The molecule has 1 aromatic carbocycles. The van der Waals surface area contributed by atoms with Gasteiger partial charge in [-0.25, -0.2) is 4.99 Å². The van der Waals surface area contributed by atoms with Crippen LogP contribution in [0.3, 0.4) is 0 Å². The van der Waals surface area contributed by atoms with E-state index >= 15 is 0 Å². The van der Waals surface area contributed by atoms with Gasteiger partial charge in [0.25, 0.3) is 0 Å². The third kappa shape index (κ3) is 6.04. The van der Waals surface area contributed by atoms with Crippen LogP contribution in [0.1, 0.15) is 23.6 Å². The summed E-state index contributed by atoms with van der Waals surface area (Å²) in [5, 5.41) is 16.0. The van der Waals surface area contributed by atoms with Crippen molar-refractivity contribution in [1.82, 2.24) is 25.4 Å². The first-order chi connectivity index (χ1) is 12.5. The maximum Gasteiger partial charge on any atom is 0.191 e. The Bertz CT molecular complexity index is 769. The third-order valence-corrected chi connectivity index (χ3v) is 4.49. The number of aliphatic imine (C=N–C) groups is 1. The zero-order valence-corrected chi connectivity index (χ0v) is 16.6. The van der Waals surface area contributed by atoms with Crippen molar-refractivity contribution >= 4 is 29.2 Å². The molecule has 0 aliphatic heterocycles. The second-order valence-electron chi connectivity index (χ2n) is 5.82. The second-order valence-corrected chi connectivity index (χ2v) is 6.67. The first kappa shape index (κ1) is 20.3. The number of aryl methyl sites for hydroxylation is 2. The predicted molar refractivity (Wildman–Crippen MR) is 108 cm³/mol. The van der Waals surface area contributed by atoms with Crippen LogP contribution in [0.15, 0.2) is 35.8 Å². The van der Waals surface area contributed by atoms with Gasteiger partial charge in [-0.15, -0.1) is 16.8 Å². The van der Waals surface area contributed by atoms with Gasteiger partial charge in [-0.05, 0) is 37.5 Å². The molecule has 0 saturated carbocycles. The van der Waals surface area contributed by atoms with E-state index in [1.54, 1.807) is 12.1 Å². The van der Waals surface area contributed by atoms with E-state index in [1.807, 2.05) is 30.7 Å². The van der Waals surface area contributed by atoms with Crippen LogP contribution in [-0.4, -0.2) is 33.8 Å². The lowest BCUT2D eigenvalue weighted by atomic mass is 10.1. The van der Waals surface area contributed by atoms with E-state index in [9.17, 15) is 0 Å². The van der Waals surface area contributed by atoms with Crippen LogP contribution in [0, 0.1) is 6.92 Å². The highest BCUT2D eigenvalue weighted by atomic mass is 35.5. The average Bonchev–Trinajstić information content (AvgIpc) is 2.93. The Labute approximate surface area is 164 Å². The summed E-state index contributed by atoms with van der Waals surface area (Å²) in [6.45, 7) is 7.48. The molecule has 0 radical (unpaired) electrons. The molecule has 0 bridgehead atoms. The van der Waals surface area contributed by atoms with E-state index in [0.717, 1.165) is 36.6 Å². The van der Waals surface area contributed by atoms with Crippen LogP contribution in [0.4, 0.5) is 0 Å². The van der Waals surface area contributed by atoms with Gasteiger partial charge in [-0.2, -0.15) is 0 Å². The van der Waals surface area contributed by atoms with Crippen molar-refractivity contribution in [3.05, 3.63) is 58.1 Å². The van der Waals surface area contributed by atoms with Gasteiger partial charge in [0.1, 0.15) is 12.4 Å². The lowest BCUT2D eigenvalue weighted by Gasteiger charge is -2.12. The highest BCUT2D eigenvalue weighted by Crippen LogP contribution is 2.21. The van der Waals surface area contributed by atoms with E-state index in [4.69, 9.17) is 23.2 Å². The third-order valence-electron chi connectivity index (χ3n) is 3.91. The maximum atomic E-state index is 6.21. The molecule has 2 N–H and O–H groups in total. The van der Waals surface area contributed by atoms with Crippen LogP contribution < -0.4 is 10.6 Å². The van der Waals surface area contributed by atoms with Crippen LogP contribution in [0.25, 0.3) is 0 Å². The molecule has 0 aliphatic rings. The summed E-state index contributed by atoms with van der Waals surface area (Å²) in [6.07, 6.45) is 3.57. The predicted octanol–water partition coefficient (Wildman–Crippen LogP) is 3.28. The van der Waals surface area contributed by atoms with Crippen molar-refractivity contribution in [3.63, 3.8) is 0 Å². The number of benzene rings is 1. The van der Waals surface area contributed by atoms with Crippen LogP contribution in [0.2, 0.25) is 10.0 Å². The van der Waals surface area contributed by atoms with Gasteiger partial charge in [0, 0.05) is 30.2 Å². The Morgan fingerprint density at radius 2 is 2.12 bits per heavy atom. The zero-order chi connectivity index (χ0) is 18.9. The van der Waals surface area contributed by atoms with Crippen molar-refractivity contribution in [2.75, 3.05) is 13.1 Å². The summed E-state index contributed by atoms with van der Waals surface area (Å²) < 4.78 is 1.93. The van der Waals surface area contributed by atoms with Gasteiger partial charge in [-0.3, -0.25) is 0 Å². The standard InChI is InChI=1S/C18H24Cl2N6/c1-4-9-21-18(23-12-17-25-24-13(2)26(17)3)22-10-5-6-14-7-8-15(19)11-16(14)20/h4,7-8,11H,1,5-6,9-10,12H2,2-3H3,(H2,21,22,23). The molecule has 2 aromatic rings. The van der Waals surface area contributed by atoms with E-state index in [1.165, 1.54) is 0 Å². The molecule has 0 aliphatic carbocycles. The number of halogens is 2. The monoisotopic (exact) mass is 394 g/mol. The molecule has 8 heteroatoms. The molecule has 140 valence electrons. The van der Waals surface area contributed by atoms with Crippen LogP contribution >= 0.6 is 23.2 Å². The van der Waals surface area contributed by atoms with E-state index < -0.39 is 0 Å². The molecular weight excluding hydrogens is 371 g/mol. The minimum Gasteiger partial charge on any atom is -0.356 e. The zero-order valence-electron chi connectivity index (χ0n) is 15.1. The highest BCUT2D eigenvalue weighted by Gasteiger charge is 2.05. The van der Waals surface area contributed by atoms with Crippen molar-refractivity contribution in [2.24, 2.45) is 12.0 Å². The van der Waals surface area contributed by atoms with Gasteiger partial charge in [0.15, 0.2) is 11.8 Å². The number of nitrogens with zero attached hydrogens (tertiary/aromatic N) is 4. The largest absolute Gasteiger partial charge is 0.356 e. The number of nitrogens with one attached hydrogen (secondary N) is 2. The molecule has 0 spiro atoms. The van der Waals surface area contributed by atoms with Gasteiger partial charge in [-0.1, -0.05) is 35.3 Å². The molecule has 1 heterocycles. The Kier molecular flexibility index (Phi) is 7.94. The molecule has 0 saturated heterocycles. The SMILES string of the molecule is C=CCNC(=NCc1nnc(C)n1C)NCCCc1ccc(Cl)cc1Cl. The van der Waals surface area contributed by atoms with Crippen LogP contribution in [-0.2, 0) is 20.0 Å². The van der Waals surface area contributed by atoms with Crippen LogP contribution in [0.5, 0.6) is 0 Å². The fraction of sp³-hybridized carbons (Fsp3) is 0.389. The fourth-order valence-electron chi connectivity index (χ4n) is 2.29. The first-order valence-electron chi connectivity index (χ1n) is 8.43. The molecule has 6 nitrogen and oxygen atoms in total. The Morgan fingerprint density at radius 1 is 1.31 bits per heavy atom. The quantitative estimate of drug-likeness (QED) is 0.312. The number of aromatic nitrogens is 3. The summed E-state index contributed by atoms with van der Waals surface area (Å²) in [7, 11) is 1.93. The second kappa shape index (κ2) is 10.2. The van der Waals surface area contributed by atoms with Crippen molar-refractivity contribution in [1.29, 1.82) is 0 Å². The molecule has 26 heavy (non-hydrogen) atoms. The van der Waals surface area contributed by atoms with E-state index in [2.05, 4.69) is 32.4 Å². The van der Waals surface area contributed by atoms with Gasteiger partial charge in [0.2, 0.25) is 0 Å². The number of hydrogen-bond acceptors (Lipinski definition) is 3. The summed E-state index contributed by atoms with van der Waals surface area (Å²) in [5.74, 6) is 2.39. The molecule has 0 unspecified atom stereocenters. The molecule has 0 amide bonds. The van der Waals surface area contributed by atoms with Gasteiger partial charge < -0.3 is 15.2 Å². The maximum absolute atomic E-state index is 6.21. The van der Waals surface area contributed by atoms with E-state index in [0.29, 0.717) is 29.1 Å².